The van der Waals surface area contributed by atoms with Gasteiger partial charge in [0.1, 0.15) is 10.9 Å². The van der Waals surface area contributed by atoms with Crippen molar-refractivity contribution in [1.82, 2.24) is 39.2 Å². The van der Waals surface area contributed by atoms with Crippen LogP contribution in [0.15, 0.2) is 59.7 Å². The molecule has 1 N–H and O–H groups in total. The molecule has 200 valence electrons. The van der Waals surface area contributed by atoms with Crippen LogP contribution in [0.5, 0.6) is 0 Å². The summed E-state index contributed by atoms with van der Waals surface area (Å²) < 4.78 is 5.17. The number of piperazine rings is 1. The van der Waals surface area contributed by atoms with Crippen molar-refractivity contribution in [1.29, 1.82) is 0 Å². The van der Waals surface area contributed by atoms with Gasteiger partial charge in [0.15, 0.2) is 5.82 Å². The molecule has 1 fully saturated rings. The number of likely N-dealkylation sites (N-methyl/N-ethyl adjacent to an activating group) is 1. The molecule has 0 aliphatic carbocycles. The molecule has 5 rings (SSSR count). The summed E-state index contributed by atoms with van der Waals surface area (Å²) in [6.07, 6.45) is 4.69. The molecule has 1 amide bonds. The van der Waals surface area contributed by atoms with Crippen molar-refractivity contribution in [2.75, 3.05) is 45.8 Å². The van der Waals surface area contributed by atoms with Crippen molar-refractivity contribution in [2.24, 2.45) is 0 Å². The Hall–Kier alpha value is -3.76. The average molecular weight is 517 g/mol. The van der Waals surface area contributed by atoms with E-state index in [0.717, 1.165) is 45.0 Å². The maximum absolute atomic E-state index is 13.6. The maximum atomic E-state index is 13.6. The predicted molar refractivity (Wildman–Crippen MR) is 148 cm³/mol. The predicted octanol–water partition coefficient (Wildman–Crippen LogP) is 2.22. The number of nitrogens with zero attached hydrogens (tertiary/aromatic N) is 7. The lowest BCUT2D eigenvalue weighted by Gasteiger charge is -2.33. The Bertz CT molecular complexity index is 1420. The van der Waals surface area contributed by atoms with E-state index in [1.807, 2.05) is 66.3 Å². The molecule has 1 aliphatic rings. The molecule has 3 aromatic heterocycles. The molecular formula is C28H36N8O2. The van der Waals surface area contributed by atoms with E-state index < -0.39 is 0 Å². The van der Waals surface area contributed by atoms with Gasteiger partial charge in [-0.3, -0.25) is 14.5 Å². The van der Waals surface area contributed by atoms with Crippen molar-refractivity contribution in [3.8, 4) is 11.5 Å². The zero-order valence-electron chi connectivity index (χ0n) is 22.2. The van der Waals surface area contributed by atoms with Crippen LogP contribution >= 0.6 is 0 Å². The minimum Gasteiger partial charge on any atom is -0.355 e. The van der Waals surface area contributed by atoms with Crippen LogP contribution in [-0.2, 0) is 11.3 Å². The Balaban J connectivity index is 1.27. The van der Waals surface area contributed by atoms with Crippen LogP contribution in [0.25, 0.3) is 22.4 Å². The Morgan fingerprint density at radius 1 is 0.947 bits per heavy atom. The van der Waals surface area contributed by atoms with Crippen LogP contribution in [0.3, 0.4) is 0 Å². The van der Waals surface area contributed by atoms with Gasteiger partial charge in [0, 0.05) is 64.6 Å². The Morgan fingerprint density at radius 3 is 2.37 bits per heavy atom. The fraction of sp³-hybridized carbons (Fsp3) is 0.429. The molecule has 4 aromatic rings. The lowest BCUT2D eigenvalue weighted by atomic mass is 10.2. The Labute approximate surface area is 222 Å². The number of hydrogen-bond acceptors (Lipinski definition) is 6. The number of nitrogens with one attached hydrogen (secondary N) is 1. The van der Waals surface area contributed by atoms with Crippen LogP contribution in [-0.4, -0.2) is 85.6 Å². The minimum absolute atomic E-state index is 0.00738. The molecule has 0 radical (unpaired) electrons. The highest BCUT2D eigenvalue weighted by Crippen LogP contribution is 2.24. The van der Waals surface area contributed by atoms with E-state index in [1.54, 1.807) is 4.68 Å². The number of rotatable bonds is 10. The molecule has 0 atom stereocenters. The fourth-order valence-electron chi connectivity index (χ4n) is 5.04. The molecule has 1 aromatic carbocycles. The molecular weight excluding hydrogens is 480 g/mol. The smallest absolute Gasteiger partial charge is 0.280 e. The largest absolute Gasteiger partial charge is 0.355 e. The number of aromatic nitrogens is 5. The number of carbonyl (C=O) groups is 1. The van der Waals surface area contributed by atoms with Gasteiger partial charge in [-0.1, -0.05) is 25.1 Å². The molecule has 4 heterocycles. The number of aryl methyl sites for hydroxylation is 2. The Kier molecular flexibility index (Phi) is 8.00. The van der Waals surface area contributed by atoms with Crippen molar-refractivity contribution in [3.63, 3.8) is 0 Å². The van der Waals surface area contributed by atoms with Gasteiger partial charge in [0.25, 0.3) is 5.56 Å². The maximum Gasteiger partial charge on any atom is 0.280 e. The lowest BCUT2D eigenvalue weighted by Crippen LogP contribution is -2.48. The first kappa shape index (κ1) is 25.9. The summed E-state index contributed by atoms with van der Waals surface area (Å²) in [5.41, 5.74) is 1.91. The summed E-state index contributed by atoms with van der Waals surface area (Å²) in [7, 11) is 0. The van der Waals surface area contributed by atoms with E-state index in [9.17, 15) is 9.59 Å². The topological polar surface area (TPSA) is 93.2 Å². The van der Waals surface area contributed by atoms with Crippen LogP contribution < -0.4 is 10.9 Å². The van der Waals surface area contributed by atoms with Gasteiger partial charge in [-0.2, -0.15) is 10.2 Å². The van der Waals surface area contributed by atoms with Crippen LogP contribution in [0.4, 0.5) is 0 Å². The third kappa shape index (κ3) is 5.56. The van der Waals surface area contributed by atoms with Crippen molar-refractivity contribution in [3.05, 3.63) is 70.9 Å². The van der Waals surface area contributed by atoms with E-state index in [0.29, 0.717) is 48.3 Å². The van der Waals surface area contributed by atoms with Crippen LogP contribution in [0, 0.1) is 6.92 Å². The quantitative estimate of drug-likeness (QED) is 0.348. The summed E-state index contributed by atoms with van der Waals surface area (Å²) >= 11 is 0. The SMILES string of the molecule is CCN1CCN(CCNC(=O)CCCn2nc(C)c3nn(-c4ccccc4)c(-n4cccc4)c3c2=O)CC1. The third-order valence-electron chi connectivity index (χ3n) is 7.21. The summed E-state index contributed by atoms with van der Waals surface area (Å²) in [5.74, 6) is 0.686. The molecule has 10 heteroatoms. The van der Waals surface area contributed by atoms with E-state index in [4.69, 9.17) is 5.10 Å². The number of benzene rings is 1. The zero-order chi connectivity index (χ0) is 26.5. The first-order valence-corrected chi connectivity index (χ1v) is 13.5. The van der Waals surface area contributed by atoms with Gasteiger partial charge in [-0.05, 0) is 44.2 Å². The average Bonchev–Trinajstić information content (AvgIpc) is 3.61. The van der Waals surface area contributed by atoms with Gasteiger partial charge in [0.2, 0.25) is 5.91 Å². The van der Waals surface area contributed by atoms with Crippen molar-refractivity contribution < 1.29 is 4.79 Å². The van der Waals surface area contributed by atoms with Gasteiger partial charge < -0.3 is 14.8 Å². The van der Waals surface area contributed by atoms with Gasteiger partial charge in [-0.15, -0.1) is 0 Å². The van der Waals surface area contributed by atoms with Crippen molar-refractivity contribution >= 4 is 16.8 Å². The lowest BCUT2D eigenvalue weighted by molar-refractivity contribution is -0.121. The minimum atomic E-state index is -0.205. The first-order chi connectivity index (χ1) is 18.5. The molecule has 0 spiro atoms. The van der Waals surface area contributed by atoms with E-state index in [1.165, 1.54) is 4.68 Å². The first-order valence-electron chi connectivity index (χ1n) is 13.5. The highest BCUT2D eigenvalue weighted by Gasteiger charge is 2.21. The summed E-state index contributed by atoms with van der Waals surface area (Å²) in [6, 6.07) is 13.6. The van der Waals surface area contributed by atoms with Gasteiger partial charge >= 0.3 is 0 Å². The van der Waals surface area contributed by atoms with Crippen LogP contribution in [0.1, 0.15) is 25.5 Å². The number of fused-ring (bicyclic) bond motifs is 1. The fourth-order valence-corrected chi connectivity index (χ4v) is 5.04. The second-order valence-electron chi connectivity index (χ2n) is 9.73. The second-order valence-corrected chi connectivity index (χ2v) is 9.73. The number of amides is 1. The van der Waals surface area contributed by atoms with Crippen molar-refractivity contribution in [2.45, 2.75) is 33.2 Å². The highest BCUT2D eigenvalue weighted by atomic mass is 16.1. The molecule has 10 nitrogen and oxygen atoms in total. The molecule has 38 heavy (non-hydrogen) atoms. The standard InChI is InChI=1S/C28H36N8O2/c1-3-32-18-20-33(21-19-32)17-13-29-24(37)12-9-16-35-28(38)25-26(22(2)30-35)31-36(23-10-5-4-6-11-23)27(25)34-14-7-8-15-34/h4-8,10-11,14-15H,3,9,12-13,16-21H2,1-2H3,(H,29,37). The van der Waals surface area contributed by atoms with Gasteiger partial charge in [0.05, 0.1) is 11.4 Å². The van der Waals surface area contributed by atoms with E-state index in [2.05, 4.69) is 27.1 Å². The molecule has 1 saturated heterocycles. The van der Waals surface area contributed by atoms with Crippen LogP contribution in [0.2, 0.25) is 0 Å². The normalized spacial score (nSPS) is 14.8. The summed E-state index contributed by atoms with van der Waals surface area (Å²) in [6.45, 7) is 11.3. The van der Waals surface area contributed by atoms with Gasteiger partial charge in [-0.25, -0.2) is 9.36 Å². The summed E-state index contributed by atoms with van der Waals surface area (Å²) in [4.78, 5) is 30.9. The second kappa shape index (κ2) is 11.7. The van der Waals surface area contributed by atoms with E-state index in [-0.39, 0.29) is 11.5 Å². The zero-order valence-corrected chi connectivity index (χ0v) is 22.2. The molecule has 1 aliphatic heterocycles. The molecule has 0 bridgehead atoms. The number of para-hydroxylation sites is 1. The van der Waals surface area contributed by atoms with E-state index >= 15 is 0 Å². The summed E-state index contributed by atoms with van der Waals surface area (Å²) in [5, 5.41) is 12.9. The Morgan fingerprint density at radius 2 is 1.66 bits per heavy atom. The number of carbonyl (C=O) groups excluding carboxylic acids is 1. The molecule has 0 unspecified atom stereocenters. The monoisotopic (exact) mass is 516 g/mol. The molecule has 0 saturated carbocycles. The third-order valence-corrected chi connectivity index (χ3v) is 7.21. The number of hydrogen-bond donors (Lipinski definition) is 1. The highest BCUT2D eigenvalue weighted by molar-refractivity contribution is 5.87.